The molecule has 1 aromatic heterocycles. The van der Waals surface area contributed by atoms with Crippen molar-refractivity contribution in [1.29, 1.82) is 0 Å². The first-order chi connectivity index (χ1) is 31.9. The molecule has 0 fully saturated rings. The third-order valence-electron chi connectivity index (χ3n) is 13.7. The van der Waals surface area contributed by atoms with Gasteiger partial charge in [0, 0.05) is 38.9 Å². The van der Waals surface area contributed by atoms with E-state index in [0.717, 1.165) is 17.1 Å². The van der Waals surface area contributed by atoms with E-state index in [1.807, 2.05) is 0 Å². The van der Waals surface area contributed by atoms with Gasteiger partial charge in [-0.25, -0.2) is 0 Å². The maximum absolute atomic E-state index is 2.52. The van der Waals surface area contributed by atoms with Gasteiger partial charge in [-0.15, -0.1) is 0 Å². The molecular formula is C63H48N2. The van der Waals surface area contributed by atoms with Crippen LogP contribution in [0.25, 0.3) is 66.0 Å². The standard InChI is InChI=1S/C63H48N2/c1-62(2,3)65-59-34-19-18-31-53(59)54-37-35-49(42-60(54)65)64(50-39-45-25-16-17-30-51(45)56(40-50)44-23-10-5-11-24-44)48-36-38-55-58(41-48)63(46-26-12-6-13-27-46,47-28-14-7-15-29-47)57-33-20-32-52(61(55)57)43-21-8-4-9-22-43/h4-42H,1-3H3. The van der Waals surface area contributed by atoms with Crippen LogP contribution in [0, 0.1) is 0 Å². The molecule has 11 aromatic rings. The SMILES string of the molecule is CC(C)(C)n1c2ccccc2c2ccc(N(c3ccc4c(c3)C(c3ccccc3)(c3ccccc3)c3cccc(-c5ccccc5)c3-4)c3cc(-c4ccccc4)c4ccccc4c3)cc21. The highest BCUT2D eigenvalue weighted by atomic mass is 15.1. The Morgan fingerprint density at radius 2 is 0.923 bits per heavy atom. The average molecular weight is 833 g/mol. The lowest BCUT2D eigenvalue weighted by atomic mass is 9.67. The Balaban J connectivity index is 1.19. The minimum atomic E-state index is -0.596. The summed E-state index contributed by atoms with van der Waals surface area (Å²) in [7, 11) is 0. The van der Waals surface area contributed by atoms with Crippen molar-refractivity contribution < 1.29 is 0 Å². The van der Waals surface area contributed by atoms with Gasteiger partial charge in [0.2, 0.25) is 0 Å². The summed E-state index contributed by atoms with van der Waals surface area (Å²) in [5.41, 5.74) is 17.5. The van der Waals surface area contributed by atoms with E-state index in [9.17, 15) is 0 Å². The zero-order valence-corrected chi connectivity index (χ0v) is 36.9. The Morgan fingerprint density at radius 3 is 1.60 bits per heavy atom. The third-order valence-corrected chi connectivity index (χ3v) is 13.7. The van der Waals surface area contributed by atoms with Crippen molar-refractivity contribution in [3.05, 3.63) is 259 Å². The van der Waals surface area contributed by atoms with Crippen LogP contribution in [-0.2, 0) is 11.0 Å². The molecule has 2 nitrogen and oxygen atoms in total. The van der Waals surface area contributed by atoms with E-state index in [-0.39, 0.29) is 5.54 Å². The molecule has 0 spiro atoms. The zero-order chi connectivity index (χ0) is 43.7. The van der Waals surface area contributed by atoms with Crippen molar-refractivity contribution in [2.24, 2.45) is 0 Å². The van der Waals surface area contributed by atoms with Crippen LogP contribution in [0.15, 0.2) is 237 Å². The number of rotatable bonds is 7. The Kier molecular flexibility index (Phi) is 9.00. The predicted molar refractivity (Wildman–Crippen MR) is 275 cm³/mol. The molecule has 0 unspecified atom stereocenters. The van der Waals surface area contributed by atoms with Crippen LogP contribution in [0.5, 0.6) is 0 Å². The van der Waals surface area contributed by atoms with Crippen LogP contribution in [0.4, 0.5) is 17.1 Å². The minimum Gasteiger partial charge on any atom is -0.335 e. The molecule has 0 radical (unpaired) electrons. The second-order valence-electron chi connectivity index (χ2n) is 18.4. The fourth-order valence-electron chi connectivity index (χ4n) is 11.1. The number of para-hydroxylation sites is 1. The molecule has 0 aliphatic heterocycles. The van der Waals surface area contributed by atoms with Gasteiger partial charge in [0.05, 0.1) is 10.9 Å². The first-order valence-electron chi connectivity index (χ1n) is 22.8. The topological polar surface area (TPSA) is 8.17 Å². The predicted octanol–water partition coefficient (Wildman–Crippen LogP) is 16.9. The number of benzene rings is 10. The van der Waals surface area contributed by atoms with Gasteiger partial charge in [-0.3, -0.25) is 0 Å². The van der Waals surface area contributed by atoms with Gasteiger partial charge in [0.15, 0.2) is 0 Å². The molecule has 10 aromatic carbocycles. The zero-order valence-electron chi connectivity index (χ0n) is 36.9. The maximum atomic E-state index is 2.52. The van der Waals surface area contributed by atoms with E-state index >= 15 is 0 Å². The largest absolute Gasteiger partial charge is 0.335 e. The molecule has 1 aliphatic rings. The maximum Gasteiger partial charge on any atom is 0.0714 e. The molecule has 65 heavy (non-hydrogen) atoms. The van der Waals surface area contributed by atoms with Crippen LogP contribution in [-0.4, -0.2) is 4.57 Å². The molecule has 12 rings (SSSR count). The van der Waals surface area contributed by atoms with E-state index in [2.05, 4.69) is 267 Å². The highest BCUT2D eigenvalue weighted by Gasteiger charge is 2.47. The number of hydrogen-bond acceptors (Lipinski definition) is 1. The van der Waals surface area contributed by atoms with Gasteiger partial charge in [-0.1, -0.05) is 194 Å². The van der Waals surface area contributed by atoms with Crippen molar-refractivity contribution in [1.82, 2.24) is 4.57 Å². The number of fused-ring (bicyclic) bond motifs is 7. The van der Waals surface area contributed by atoms with Gasteiger partial charge in [-0.05, 0) is 130 Å². The fourth-order valence-corrected chi connectivity index (χ4v) is 11.1. The van der Waals surface area contributed by atoms with Gasteiger partial charge in [0.25, 0.3) is 0 Å². The lowest BCUT2D eigenvalue weighted by molar-refractivity contribution is 0.423. The van der Waals surface area contributed by atoms with Crippen molar-refractivity contribution in [2.45, 2.75) is 31.7 Å². The number of nitrogens with zero attached hydrogens (tertiary/aromatic N) is 2. The van der Waals surface area contributed by atoms with Crippen molar-refractivity contribution in [3.8, 4) is 33.4 Å². The molecule has 310 valence electrons. The molecule has 1 heterocycles. The molecule has 1 aliphatic carbocycles. The smallest absolute Gasteiger partial charge is 0.0714 e. The summed E-state index contributed by atoms with van der Waals surface area (Å²) in [6.07, 6.45) is 0. The summed E-state index contributed by atoms with van der Waals surface area (Å²) < 4.78 is 2.52. The van der Waals surface area contributed by atoms with Crippen molar-refractivity contribution in [2.75, 3.05) is 4.90 Å². The van der Waals surface area contributed by atoms with Gasteiger partial charge in [0.1, 0.15) is 0 Å². The first kappa shape index (κ1) is 38.7. The van der Waals surface area contributed by atoms with Crippen LogP contribution >= 0.6 is 0 Å². The van der Waals surface area contributed by atoms with Crippen LogP contribution in [0.1, 0.15) is 43.0 Å². The monoisotopic (exact) mass is 832 g/mol. The Labute approximate surface area is 381 Å². The fraction of sp³-hybridized carbons (Fsp3) is 0.0794. The van der Waals surface area contributed by atoms with Crippen LogP contribution in [0.2, 0.25) is 0 Å². The molecule has 0 N–H and O–H groups in total. The second kappa shape index (κ2) is 15.1. The van der Waals surface area contributed by atoms with Crippen LogP contribution < -0.4 is 4.90 Å². The minimum absolute atomic E-state index is 0.158. The third kappa shape index (κ3) is 6.09. The quantitative estimate of drug-likeness (QED) is 0.155. The van der Waals surface area contributed by atoms with Gasteiger partial charge >= 0.3 is 0 Å². The van der Waals surface area contributed by atoms with Crippen molar-refractivity contribution in [3.63, 3.8) is 0 Å². The summed E-state index contributed by atoms with van der Waals surface area (Å²) >= 11 is 0. The van der Waals surface area contributed by atoms with Crippen LogP contribution in [0.3, 0.4) is 0 Å². The first-order valence-corrected chi connectivity index (χ1v) is 22.8. The van der Waals surface area contributed by atoms with E-state index in [1.54, 1.807) is 0 Å². The molecule has 0 saturated heterocycles. The Bertz CT molecular complexity index is 3520. The number of anilines is 3. The molecule has 0 amide bonds. The summed E-state index contributed by atoms with van der Waals surface area (Å²) in [5.74, 6) is 0. The summed E-state index contributed by atoms with van der Waals surface area (Å²) in [4.78, 5) is 2.51. The van der Waals surface area contributed by atoms with E-state index in [0.29, 0.717) is 0 Å². The number of hydrogen-bond donors (Lipinski definition) is 0. The van der Waals surface area contributed by atoms with E-state index in [1.165, 1.54) is 88.2 Å². The summed E-state index contributed by atoms with van der Waals surface area (Å²) in [6, 6.07) is 87.8. The van der Waals surface area contributed by atoms with Crippen molar-refractivity contribution >= 4 is 49.6 Å². The highest BCUT2D eigenvalue weighted by Crippen LogP contribution is 2.59. The van der Waals surface area contributed by atoms with E-state index < -0.39 is 5.41 Å². The normalized spacial score (nSPS) is 13.0. The lowest BCUT2D eigenvalue weighted by Crippen LogP contribution is -2.28. The van der Waals surface area contributed by atoms with Gasteiger partial charge < -0.3 is 9.47 Å². The molecule has 2 heteroatoms. The summed E-state index contributed by atoms with van der Waals surface area (Å²) in [5, 5.41) is 4.96. The Hall–Kier alpha value is -7.94. The average Bonchev–Trinajstić information content (AvgIpc) is 3.86. The molecular weight excluding hydrogens is 785 g/mol. The van der Waals surface area contributed by atoms with Gasteiger partial charge in [-0.2, -0.15) is 0 Å². The van der Waals surface area contributed by atoms with E-state index in [4.69, 9.17) is 0 Å². The molecule has 0 atom stereocenters. The second-order valence-corrected chi connectivity index (χ2v) is 18.4. The highest BCUT2D eigenvalue weighted by molar-refractivity contribution is 6.10. The molecule has 0 bridgehead atoms. The molecule has 0 saturated carbocycles. The number of aromatic nitrogens is 1. The summed E-state index contributed by atoms with van der Waals surface area (Å²) in [6.45, 7) is 6.94. The lowest BCUT2D eigenvalue weighted by Gasteiger charge is -2.35. The Morgan fingerprint density at radius 1 is 0.369 bits per heavy atom.